The van der Waals surface area contributed by atoms with Crippen molar-refractivity contribution < 1.29 is 45.0 Å². The van der Waals surface area contributed by atoms with E-state index in [1.54, 1.807) is 4.90 Å². The van der Waals surface area contributed by atoms with Gasteiger partial charge in [0.05, 0.1) is 42.2 Å². The van der Waals surface area contributed by atoms with Crippen molar-refractivity contribution >= 4 is 21.6 Å². The van der Waals surface area contributed by atoms with Crippen LogP contribution < -0.4 is 10.2 Å². The number of hydrogen-bond donors (Lipinski definition) is 2. The zero-order chi connectivity index (χ0) is 32.1. The van der Waals surface area contributed by atoms with Gasteiger partial charge in [0.25, 0.3) is 5.91 Å². The molecule has 0 bridgehead atoms. The Hall–Kier alpha value is -3.69. The second kappa shape index (κ2) is 13.9. The topological polar surface area (TPSA) is 122 Å². The first kappa shape index (κ1) is 33.2. The molecule has 4 rings (SSSR count). The van der Waals surface area contributed by atoms with Gasteiger partial charge in [-0.1, -0.05) is 25.1 Å². The van der Waals surface area contributed by atoms with Crippen LogP contribution in [0, 0.1) is 0 Å². The standard InChI is InChI=1S/C29H31F5N4O5S/c1-2-44(41,42)26-12-7-19(13-36-26)24(16-39)37-27(40)20-6-11-25(35-14-20)38-15-21(5-10-23(38)17-43-28(30)31)18-3-8-22(9-4-18)29(32,33)34/h3-4,6-9,11-14,21,23-24,28,39H,2,5,10,15-17H2,1H3,(H,37,40)/t21?,23-,24-/m0/s1. The van der Waals surface area contributed by atoms with Crippen LogP contribution in [-0.4, -0.2) is 67.6 Å². The molecule has 1 aliphatic rings. The van der Waals surface area contributed by atoms with Crippen LogP contribution in [0.1, 0.15) is 58.8 Å². The van der Waals surface area contributed by atoms with Gasteiger partial charge < -0.3 is 20.1 Å². The van der Waals surface area contributed by atoms with E-state index in [1.165, 1.54) is 55.7 Å². The SMILES string of the molecule is CCS(=O)(=O)c1ccc([C@H](CO)NC(=O)c2ccc(N3CC(c4ccc(C(F)(F)F)cc4)CC[C@H]3COC(F)F)nc2)cn1. The minimum atomic E-state index is -4.47. The lowest BCUT2D eigenvalue weighted by Crippen LogP contribution is -2.46. The third-order valence-corrected chi connectivity index (χ3v) is 9.12. The first-order chi connectivity index (χ1) is 20.8. The van der Waals surface area contributed by atoms with Gasteiger partial charge in [0, 0.05) is 24.9 Å². The molecule has 44 heavy (non-hydrogen) atoms. The lowest BCUT2D eigenvalue weighted by Gasteiger charge is -2.40. The van der Waals surface area contributed by atoms with Gasteiger partial charge in [0.2, 0.25) is 0 Å². The van der Waals surface area contributed by atoms with E-state index in [1.807, 2.05) is 0 Å². The Morgan fingerprint density at radius 1 is 1.07 bits per heavy atom. The molecule has 2 aromatic heterocycles. The molecule has 1 aliphatic heterocycles. The first-order valence-corrected chi connectivity index (χ1v) is 15.4. The van der Waals surface area contributed by atoms with Crippen molar-refractivity contribution in [3.05, 3.63) is 83.2 Å². The molecule has 1 aromatic carbocycles. The number of nitrogens with zero attached hydrogens (tertiary/aromatic N) is 3. The third kappa shape index (κ3) is 8.07. The quantitative estimate of drug-likeness (QED) is 0.288. The summed E-state index contributed by atoms with van der Waals surface area (Å²) in [5, 5.41) is 12.4. The average molecular weight is 643 g/mol. The Morgan fingerprint density at radius 2 is 1.80 bits per heavy atom. The Bertz CT molecular complexity index is 1510. The predicted molar refractivity (Wildman–Crippen MR) is 150 cm³/mol. The molecule has 1 amide bonds. The minimum Gasteiger partial charge on any atom is -0.394 e. The van der Waals surface area contributed by atoms with Crippen LogP contribution in [0.25, 0.3) is 0 Å². The summed E-state index contributed by atoms with van der Waals surface area (Å²) < 4.78 is 93.3. The van der Waals surface area contributed by atoms with Crippen molar-refractivity contribution in [3.63, 3.8) is 0 Å². The highest BCUT2D eigenvalue weighted by molar-refractivity contribution is 7.91. The Morgan fingerprint density at radius 3 is 2.34 bits per heavy atom. The van der Waals surface area contributed by atoms with Crippen molar-refractivity contribution in [2.24, 2.45) is 0 Å². The summed E-state index contributed by atoms with van der Waals surface area (Å²) in [6.45, 7) is -2.02. The van der Waals surface area contributed by atoms with E-state index < -0.39 is 52.8 Å². The van der Waals surface area contributed by atoms with Crippen LogP contribution in [-0.2, 0) is 20.8 Å². The Labute approximate surface area is 251 Å². The highest BCUT2D eigenvalue weighted by Crippen LogP contribution is 2.35. The van der Waals surface area contributed by atoms with Gasteiger partial charge in [-0.25, -0.2) is 18.4 Å². The summed E-state index contributed by atoms with van der Waals surface area (Å²) in [4.78, 5) is 23.0. The van der Waals surface area contributed by atoms with Crippen molar-refractivity contribution in [3.8, 4) is 0 Å². The predicted octanol–water partition coefficient (Wildman–Crippen LogP) is 4.74. The fourth-order valence-corrected chi connectivity index (χ4v) is 5.76. The number of rotatable bonds is 11. The molecular weight excluding hydrogens is 611 g/mol. The Balaban J connectivity index is 1.49. The van der Waals surface area contributed by atoms with Crippen molar-refractivity contribution in [2.45, 2.75) is 55.6 Å². The number of aliphatic hydroxyl groups excluding tert-OH is 1. The van der Waals surface area contributed by atoms with Crippen LogP contribution in [0.3, 0.4) is 0 Å². The smallest absolute Gasteiger partial charge is 0.394 e. The number of carbonyl (C=O) groups is 1. The molecule has 9 nitrogen and oxygen atoms in total. The molecule has 0 spiro atoms. The molecule has 15 heteroatoms. The van der Waals surface area contributed by atoms with E-state index in [4.69, 9.17) is 0 Å². The number of amides is 1. The molecule has 2 N–H and O–H groups in total. The van der Waals surface area contributed by atoms with E-state index in [-0.39, 0.29) is 35.4 Å². The maximum Gasteiger partial charge on any atom is 0.416 e. The summed E-state index contributed by atoms with van der Waals surface area (Å²) in [6.07, 6.45) is -0.990. The van der Waals surface area contributed by atoms with Gasteiger partial charge in [-0.3, -0.25) is 4.79 Å². The lowest BCUT2D eigenvalue weighted by molar-refractivity contribution is -0.137. The number of aromatic nitrogens is 2. The fraction of sp³-hybridized carbons (Fsp3) is 0.414. The van der Waals surface area contributed by atoms with Crippen LogP contribution >= 0.6 is 0 Å². The van der Waals surface area contributed by atoms with Crippen LogP contribution in [0.5, 0.6) is 0 Å². The van der Waals surface area contributed by atoms with E-state index >= 15 is 0 Å². The number of carbonyl (C=O) groups excluding carboxylic acids is 1. The summed E-state index contributed by atoms with van der Waals surface area (Å²) in [5.41, 5.74) is 0.401. The van der Waals surface area contributed by atoms with Gasteiger partial charge in [-0.15, -0.1) is 0 Å². The highest BCUT2D eigenvalue weighted by atomic mass is 32.2. The Kier molecular flexibility index (Phi) is 10.5. The third-order valence-electron chi connectivity index (χ3n) is 7.48. The van der Waals surface area contributed by atoms with Crippen molar-refractivity contribution in [2.75, 3.05) is 30.4 Å². The lowest BCUT2D eigenvalue weighted by atomic mass is 9.87. The summed E-state index contributed by atoms with van der Waals surface area (Å²) in [5.74, 6) is -0.568. The number of ether oxygens (including phenoxy) is 1. The number of sulfone groups is 1. The molecule has 1 fully saturated rings. The first-order valence-electron chi connectivity index (χ1n) is 13.7. The largest absolute Gasteiger partial charge is 0.416 e. The summed E-state index contributed by atoms with van der Waals surface area (Å²) in [6, 6.07) is 9.18. The maximum absolute atomic E-state index is 13.0. The minimum absolute atomic E-state index is 0.123. The zero-order valence-corrected chi connectivity index (χ0v) is 24.4. The van der Waals surface area contributed by atoms with E-state index in [2.05, 4.69) is 20.0 Å². The zero-order valence-electron chi connectivity index (χ0n) is 23.5. The fourth-order valence-electron chi connectivity index (χ4n) is 4.98. The van der Waals surface area contributed by atoms with E-state index in [0.717, 1.165) is 12.1 Å². The molecule has 0 saturated carbocycles. The highest BCUT2D eigenvalue weighted by Gasteiger charge is 2.33. The molecule has 3 heterocycles. The van der Waals surface area contributed by atoms with Crippen LogP contribution in [0.15, 0.2) is 66.0 Å². The van der Waals surface area contributed by atoms with Gasteiger partial charge in [0.1, 0.15) is 5.82 Å². The number of alkyl halides is 5. The number of hydrogen-bond acceptors (Lipinski definition) is 8. The molecule has 0 aliphatic carbocycles. The number of anilines is 1. The molecule has 0 radical (unpaired) electrons. The molecule has 1 unspecified atom stereocenters. The van der Waals surface area contributed by atoms with Gasteiger partial charge in [-0.05, 0) is 54.3 Å². The van der Waals surface area contributed by atoms with Gasteiger partial charge in [0.15, 0.2) is 14.9 Å². The van der Waals surface area contributed by atoms with E-state index in [0.29, 0.717) is 29.8 Å². The van der Waals surface area contributed by atoms with Gasteiger partial charge in [-0.2, -0.15) is 22.0 Å². The monoisotopic (exact) mass is 642 g/mol. The molecule has 1 saturated heterocycles. The van der Waals surface area contributed by atoms with E-state index in [9.17, 15) is 40.3 Å². The van der Waals surface area contributed by atoms with Crippen molar-refractivity contribution in [1.29, 1.82) is 0 Å². The molecular formula is C29H31F5N4O5S. The maximum atomic E-state index is 13.0. The second-order valence-electron chi connectivity index (χ2n) is 10.2. The number of nitrogens with one attached hydrogen (secondary N) is 1. The number of aliphatic hydroxyl groups is 1. The molecule has 3 aromatic rings. The summed E-state index contributed by atoms with van der Waals surface area (Å²) >= 11 is 0. The second-order valence-corrected chi connectivity index (χ2v) is 12.5. The van der Waals surface area contributed by atoms with Gasteiger partial charge >= 0.3 is 12.8 Å². The average Bonchev–Trinajstić information content (AvgIpc) is 3.02. The van der Waals surface area contributed by atoms with Crippen molar-refractivity contribution in [1.82, 2.24) is 15.3 Å². The normalized spacial score (nSPS) is 18.3. The van der Waals surface area contributed by atoms with Crippen LogP contribution in [0.2, 0.25) is 0 Å². The number of pyridine rings is 2. The molecule has 238 valence electrons. The van der Waals surface area contributed by atoms with Crippen LogP contribution in [0.4, 0.5) is 27.8 Å². The summed E-state index contributed by atoms with van der Waals surface area (Å²) in [7, 11) is -3.52. The number of halogens is 5. The number of benzene rings is 1. The molecule has 3 atom stereocenters. The number of piperidine rings is 1.